The van der Waals surface area contributed by atoms with E-state index in [0.29, 0.717) is 55.6 Å². The second-order valence-electron chi connectivity index (χ2n) is 9.23. The molecule has 1 aromatic heterocycles. The van der Waals surface area contributed by atoms with Crippen LogP contribution in [0.4, 0.5) is 10.8 Å². The maximum absolute atomic E-state index is 13.3. The highest BCUT2D eigenvalue weighted by Gasteiger charge is 2.41. The lowest BCUT2D eigenvalue weighted by Crippen LogP contribution is -2.38. The Morgan fingerprint density at radius 3 is 2.67 bits per heavy atom. The van der Waals surface area contributed by atoms with Crippen molar-refractivity contribution >= 4 is 68.8 Å². The van der Waals surface area contributed by atoms with Crippen molar-refractivity contribution in [2.24, 2.45) is 5.73 Å². The second kappa shape index (κ2) is 12.0. The fourth-order valence-electron chi connectivity index (χ4n) is 4.83. The predicted octanol–water partition coefficient (Wildman–Crippen LogP) is 6.44. The van der Waals surface area contributed by atoms with Crippen LogP contribution in [0.5, 0.6) is 0 Å². The smallest absolute Gasteiger partial charge is 0.234 e. The molecule has 2 heterocycles. The van der Waals surface area contributed by atoms with Crippen molar-refractivity contribution in [3.63, 3.8) is 0 Å². The Labute approximate surface area is 249 Å². The van der Waals surface area contributed by atoms with Crippen molar-refractivity contribution in [1.29, 1.82) is 5.26 Å². The zero-order chi connectivity index (χ0) is 28.4. The Balaban J connectivity index is 1.40. The first-order chi connectivity index (χ1) is 19.3. The van der Waals surface area contributed by atoms with Gasteiger partial charge in [-0.05, 0) is 54.7 Å². The van der Waals surface area contributed by atoms with E-state index >= 15 is 0 Å². The van der Waals surface area contributed by atoms with Crippen LogP contribution in [-0.4, -0.2) is 27.6 Å². The summed E-state index contributed by atoms with van der Waals surface area (Å²) < 4.78 is 0.564. The third kappa shape index (κ3) is 5.60. The molecule has 0 saturated heterocycles. The molecule has 5 rings (SSSR count). The van der Waals surface area contributed by atoms with Gasteiger partial charge in [-0.2, -0.15) is 5.26 Å². The van der Waals surface area contributed by atoms with E-state index in [0.717, 1.165) is 12.1 Å². The first-order valence-electron chi connectivity index (χ1n) is 12.6. The number of nitrogens with two attached hydrogens (primary N) is 1. The number of amides is 1. The van der Waals surface area contributed by atoms with Gasteiger partial charge >= 0.3 is 0 Å². The Kier molecular flexibility index (Phi) is 8.47. The molecule has 1 atom stereocenters. The summed E-state index contributed by atoms with van der Waals surface area (Å²) in [5.74, 6) is -0.540. The van der Waals surface area contributed by atoms with E-state index in [2.05, 4.69) is 28.5 Å². The number of carbonyl (C=O) groups is 2. The lowest BCUT2D eigenvalue weighted by Gasteiger charge is -2.38. The Bertz CT molecular complexity index is 1590. The van der Waals surface area contributed by atoms with Crippen LogP contribution in [-0.2, 0) is 16.0 Å². The summed E-state index contributed by atoms with van der Waals surface area (Å²) in [7, 11) is 0. The van der Waals surface area contributed by atoms with Gasteiger partial charge in [0.1, 0.15) is 5.82 Å². The number of allylic oxidation sites excluding steroid dienone is 3. The highest BCUT2D eigenvalue weighted by atomic mass is 35.5. The molecule has 1 unspecified atom stereocenters. The zero-order valence-corrected chi connectivity index (χ0v) is 24.6. The minimum atomic E-state index is -0.657. The van der Waals surface area contributed by atoms with Gasteiger partial charge in [0.25, 0.3) is 0 Å². The molecule has 1 aliphatic carbocycles. The number of Topliss-reactive ketones (excluding diaryl/α,β-unsaturated/α-hetero) is 1. The largest absolute Gasteiger partial charge is 0.384 e. The minimum Gasteiger partial charge on any atom is -0.384 e. The number of nitrogens with zero attached hydrogens (tertiary/aromatic N) is 4. The number of thioether (sulfide) groups is 1. The fraction of sp³-hybridized carbons (Fsp3) is 0.250. The molecule has 3 aromatic rings. The number of hydrogen-bond donors (Lipinski definition) is 2. The third-order valence-electron chi connectivity index (χ3n) is 6.75. The van der Waals surface area contributed by atoms with Gasteiger partial charge in [0.2, 0.25) is 11.0 Å². The maximum atomic E-state index is 13.3. The standard InChI is InChI=1S/C28H24Cl2N6O2S2/c1-2-15-6-9-17(10-7-15)33-23(38)14-39-28-35-34-27(40-28)36-21-4-3-5-22(37)25(21)24(18(13-31)26(36)32)16-8-11-19(29)20(30)12-16/h6-12,24H,2-5,14,32H2,1H3,(H,33,38). The van der Waals surface area contributed by atoms with Crippen LogP contribution in [0.2, 0.25) is 10.0 Å². The van der Waals surface area contributed by atoms with Crippen LogP contribution in [0.3, 0.4) is 0 Å². The Hall–Kier alpha value is -3.36. The van der Waals surface area contributed by atoms with Crippen molar-refractivity contribution < 1.29 is 9.59 Å². The van der Waals surface area contributed by atoms with Crippen LogP contribution < -0.4 is 16.0 Å². The van der Waals surface area contributed by atoms with E-state index in [1.54, 1.807) is 23.1 Å². The van der Waals surface area contributed by atoms with E-state index in [1.165, 1.54) is 28.7 Å². The zero-order valence-electron chi connectivity index (χ0n) is 21.4. The predicted molar refractivity (Wildman–Crippen MR) is 159 cm³/mol. The van der Waals surface area contributed by atoms with Gasteiger partial charge in [-0.25, -0.2) is 0 Å². The number of nitrogens with one attached hydrogen (secondary N) is 1. The average molecular weight is 612 g/mol. The number of nitriles is 1. The number of rotatable bonds is 7. The molecule has 12 heteroatoms. The van der Waals surface area contributed by atoms with Gasteiger partial charge < -0.3 is 11.1 Å². The minimum absolute atomic E-state index is 0.0506. The van der Waals surface area contributed by atoms with Crippen LogP contribution in [0.25, 0.3) is 0 Å². The highest BCUT2D eigenvalue weighted by molar-refractivity contribution is 8.01. The summed E-state index contributed by atoms with van der Waals surface area (Å²) in [5.41, 5.74) is 10.6. The average Bonchev–Trinajstić information content (AvgIpc) is 3.42. The van der Waals surface area contributed by atoms with Gasteiger partial charge in [0.15, 0.2) is 10.1 Å². The number of hydrogen-bond acceptors (Lipinski definition) is 9. The van der Waals surface area contributed by atoms with Gasteiger partial charge in [-0.3, -0.25) is 14.5 Å². The molecule has 0 saturated carbocycles. The molecule has 1 amide bonds. The molecule has 40 heavy (non-hydrogen) atoms. The van der Waals surface area contributed by atoms with Crippen LogP contribution in [0, 0.1) is 11.3 Å². The molecule has 1 aliphatic heterocycles. The number of aryl methyl sites for hydroxylation is 1. The van der Waals surface area contributed by atoms with E-state index < -0.39 is 5.92 Å². The molecular formula is C28H24Cl2N6O2S2. The Morgan fingerprint density at radius 1 is 1.20 bits per heavy atom. The maximum Gasteiger partial charge on any atom is 0.234 e. The quantitative estimate of drug-likeness (QED) is 0.293. The van der Waals surface area contributed by atoms with Gasteiger partial charge in [-0.1, -0.05) is 71.4 Å². The number of carbonyl (C=O) groups excluding carboxylic acids is 2. The molecule has 0 radical (unpaired) electrons. The summed E-state index contributed by atoms with van der Waals surface area (Å²) in [5, 5.41) is 22.7. The van der Waals surface area contributed by atoms with Crippen molar-refractivity contribution in [2.45, 2.75) is 42.9 Å². The van der Waals surface area contributed by atoms with Crippen LogP contribution in [0.1, 0.15) is 43.2 Å². The topological polar surface area (TPSA) is 125 Å². The fourth-order valence-corrected chi connectivity index (χ4v) is 6.82. The molecule has 204 valence electrons. The van der Waals surface area contributed by atoms with Gasteiger partial charge in [0, 0.05) is 23.4 Å². The number of anilines is 2. The summed E-state index contributed by atoms with van der Waals surface area (Å²) in [4.78, 5) is 27.5. The van der Waals surface area contributed by atoms with Crippen molar-refractivity contribution in [3.05, 3.63) is 86.3 Å². The van der Waals surface area contributed by atoms with E-state index in [1.807, 2.05) is 24.3 Å². The molecule has 8 nitrogen and oxygen atoms in total. The van der Waals surface area contributed by atoms with Gasteiger partial charge in [-0.15, -0.1) is 10.2 Å². The third-order valence-corrected chi connectivity index (χ3v) is 9.53. The number of benzene rings is 2. The number of halogens is 2. The van der Waals surface area contributed by atoms with Crippen LogP contribution in [0.15, 0.2) is 69.5 Å². The lowest BCUT2D eigenvalue weighted by atomic mass is 9.76. The monoisotopic (exact) mass is 610 g/mol. The normalized spacial score (nSPS) is 17.1. The molecular weight excluding hydrogens is 587 g/mol. The van der Waals surface area contributed by atoms with Crippen molar-refractivity contribution in [2.75, 3.05) is 16.0 Å². The van der Waals surface area contributed by atoms with Gasteiger partial charge in [0.05, 0.1) is 33.4 Å². The molecule has 3 N–H and O–H groups in total. The number of aromatic nitrogens is 2. The van der Waals surface area contributed by atoms with E-state index in [9.17, 15) is 14.9 Å². The molecule has 2 aromatic carbocycles. The van der Waals surface area contributed by atoms with Crippen molar-refractivity contribution in [3.8, 4) is 6.07 Å². The van der Waals surface area contributed by atoms with E-state index in [-0.39, 0.29) is 28.8 Å². The highest BCUT2D eigenvalue weighted by Crippen LogP contribution is 2.47. The SMILES string of the molecule is CCc1ccc(NC(=O)CSc2nnc(N3C(N)=C(C#N)C(c4ccc(Cl)c(Cl)c4)C4=C3CCCC4=O)s2)cc1. The lowest BCUT2D eigenvalue weighted by molar-refractivity contribution is -0.116. The second-order valence-corrected chi connectivity index (χ2v) is 12.2. The summed E-state index contributed by atoms with van der Waals surface area (Å²) in [6.07, 6.45) is 2.53. The number of ketones is 1. The summed E-state index contributed by atoms with van der Waals surface area (Å²) in [6.45, 7) is 2.08. The van der Waals surface area contributed by atoms with E-state index in [4.69, 9.17) is 28.9 Å². The first kappa shape index (κ1) is 28.2. The molecule has 0 bridgehead atoms. The Morgan fingerprint density at radius 2 is 1.98 bits per heavy atom. The van der Waals surface area contributed by atoms with Crippen molar-refractivity contribution in [1.82, 2.24) is 10.2 Å². The first-order valence-corrected chi connectivity index (χ1v) is 15.1. The van der Waals surface area contributed by atoms with Crippen LogP contribution >= 0.6 is 46.3 Å². The molecule has 2 aliphatic rings. The summed E-state index contributed by atoms with van der Waals surface area (Å²) in [6, 6.07) is 15.0. The summed E-state index contributed by atoms with van der Waals surface area (Å²) >= 11 is 14.9. The molecule has 0 fully saturated rings. The molecule has 0 spiro atoms.